The first-order valence-corrected chi connectivity index (χ1v) is 6.04. The van der Waals surface area contributed by atoms with Crippen molar-refractivity contribution in [3.63, 3.8) is 0 Å². The molecule has 0 radical (unpaired) electrons. The molecule has 0 aliphatic heterocycles. The Balaban J connectivity index is 1.83. The zero-order valence-corrected chi connectivity index (χ0v) is 9.97. The van der Waals surface area contributed by atoms with Gasteiger partial charge >= 0.3 is 5.97 Å². The monoisotopic (exact) mass is 250 g/mol. The van der Waals surface area contributed by atoms with Gasteiger partial charge in [-0.1, -0.05) is 30.3 Å². The maximum atomic E-state index is 13.2. The van der Waals surface area contributed by atoms with E-state index in [1.54, 1.807) is 0 Å². The summed E-state index contributed by atoms with van der Waals surface area (Å²) in [6.45, 7) is 0.196. The molecule has 2 atom stereocenters. The first kappa shape index (κ1) is 12.7. The fourth-order valence-electron chi connectivity index (χ4n) is 2.03. The van der Waals surface area contributed by atoms with E-state index in [1.807, 2.05) is 30.3 Å². The largest absolute Gasteiger partial charge is 0.461 e. The summed E-state index contributed by atoms with van der Waals surface area (Å²) in [6, 6.07) is 9.32. The Morgan fingerprint density at radius 2 is 2.06 bits per heavy atom. The molecule has 0 amide bonds. The van der Waals surface area contributed by atoms with Gasteiger partial charge in [-0.05, 0) is 18.4 Å². The molecule has 96 valence electrons. The molecule has 4 heteroatoms. The zero-order valence-electron chi connectivity index (χ0n) is 9.97. The van der Waals surface area contributed by atoms with E-state index in [-0.39, 0.29) is 19.4 Å². The average Bonchev–Trinajstić information content (AvgIpc) is 2.40. The first-order valence-electron chi connectivity index (χ1n) is 6.04. The quantitative estimate of drug-likeness (QED) is 0.774. The summed E-state index contributed by atoms with van der Waals surface area (Å²) in [5.74, 6) is -1.29. The van der Waals surface area contributed by atoms with Crippen LogP contribution in [0.2, 0.25) is 0 Å². The zero-order chi connectivity index (χ0) is 13.0. The second-order valence-corrected chi connectivity index (χ2v) is 4.50. The van der Waals surface area contributed by atoms with Crippen LogP contribution in [0.15, 0.2) is 30.3 Å². The third kappa shape index (κ3) is 3.15. The lowest BCUT2D eigenvalue weighted by molar-refractivity contribution is -0.152. The number of benzene rings is 1. The van der Waals surface area contributed by atoms with Gasteiger partial charge in [0.15, 0.2) is 12.0 Å². The molecule has 0 spiro atoms. The molecule has 1 fully saturated rings. The minimum Gasteiger partial charge on any atom is -0.461 e. The molecule has 1 aliphatic rings. The van der Waals surface area contributed by atoms with E-state index in [1.165, 1.54) is 0 Å². The number of rotatable bonds is 3. The minimum absolute atomic E-state index is 0.0353. The van der Waals surface area contributed by atoms with Gasteiger partial charge in [0.25, 0.3) is 0 Å². The summed E-state index contributed by atoms with van der Waals surface area (Å²) in [7, 11) is 0. The predicted molar refractivity (Wildman–Crippen MR) is 63.5 cm³/mol. The van der Waals surface area contributed by atoms with Gasteiger partial charge in [0.05, 0.1) is 5.92 Å². The Bertz CT molecular complexity index is 430. The fourth-order valence-corrected chi connectivity index (χ4v) is 2.03. The van der Waals surface area contributed by atoms with Gasteiger partial charge in [-0.2, -0.15) is 0 Å². The summed E-state index contributed by atoms with van der Waals surface area (Å²) in [5.41, 5.74) is 0.898. The highest BCUT2D eigenvalue weighted by Gasteiger charge is 2.33. The lowest BCUT2D eigenvalue weighted by Gasteiger charge is -2.22. The van der Waals surface area contributed by atoms with Gasteiger partial charge in [0.1, 0.15) is 6.61 Å². The second-order valence-electron chi connectivity index (χ2n) is 4.50. The second kappa shape index (κ2) is 5.76. The molecule has 18 heavy (non-hydrogen) atoms. The van der Waals surface area contributed by atoms with Crippen LogP contribution in [0.1, 0.15) is 24.8 Å². The molecular formula is C14H15FO3. The van der Waals surface area contributed by atoms with Gasteiger partial charge in [0, 0.05) is 6.42 Å². The highest BCUT2D eigenvalue weighted by Crippen LogP contribution is 2.25. The smallest absolute Gasteiger partial charge is 0.309 e. The third-order valence-electron chi connectivity index (χ3n) is 3.14. The van der Waals surface area contributed by atoms with Crippen LogP contribution in [-0.2, 0) is 20.9 Å². The van der Waals surface area contributed by atoms with Gasteiger partial charge in [-0.25, -0.2) is 4.39 Å². The number of alkyl halides is 1. The topological polar surface area (TPSA) is 43.4 Å². The molecule has 0 saturated heterocycles. The van der Waals surface area contributed by atoms with Gasteiger partial charge in [-0.15, -0.1) is 0 Å². The number of ketones is 1. The van der Waals surface area contributed by atoms with E-state index in [2.05, 4.69) is 0 Å². The Labute approximate surface area is 105 Å². The van der Waals surface area contributed by atoms with Crippen LogP contribution in [0.25, 0.3) is 0 Å². The number of halogens is 1. The van der Waals surface area contributed by atoms with Crippen molar-refractivity contribution >= 4 is 11.8 Å². The lowest BCUT2D eigenvalue weighted by Crippen LogP contribution is -2.31. The molecule has 3 nitrogen and oxygen atoms in total. The van der Waals surface area contributed by atoms with Crippen molar-refractivity contribution in [3.05, 3.63) is 35.9 Å². The SMILES string of the molecule is O=C1CCC(C(=O)OCc2ccccc2)CC1F. The van der Waals surface area contributed by atoms with E-state index >= 15 is 0 Å². The molecule has 2 rings (SSSR count). The van der Waals surface area contributed by atoms with Crippen LogP contribution in [-0.4, -0.2) is 17.9 Å². The summed E-state index contributed by atoms with van der Waals surface area (Å²) in [4.78, 5) is 22.7. The number of carbonyl (C=O) groups is 2. The third-order valence-corrected chi connectivity index (χ3v) is 3.14. The number of hydrogen-bond acceptors (Lipinski definition) is 3. The fraction of sp³-hybridized carbons (Fsp3) is 0.429. The van der Waals surface area contributed by atoms with Crippen molar-refractivity contribution in [1.29, 1.82) is 0 Å². The molecular weight excluding hydrogens is 235 g/mol. The minimum atomic E-state index is -1.51. The Kier molecular flexibility index (Phi) is 4.07. The molecule has 0 bridgehead atoms. The summed E-state index contributed by atoms with van der Waals surface area (Å²) in [6.07, 6.45) is -1.01. The van der Waals surface area contributed by atoms with Crippen LogP contribution in [0.3, 0.4) is 0 Å². The van der Waals surface area contributed by atoms with Crippen molar-refractivity contribution in [3.8, 4) is 0 Å². The standard InChI is InChI=1S/C14H15FO3/c15-12-8-11(6-7-13(12)16)14(17)18-9-10-4-2-1-3-5-10/h1-5,11-12H,6-9H2. The van der Waals surface area contributed by atoms with Gasteiger partial charge < -0.3 is 4.74 Å². The lowest BCUT2D eigenvalue weighted by atomic mass is 9.87. The summed E-state index contributed by atoms with van der Waals surface area (Å²) in [5, 5.41) is 0. The van der Waals surface area contributed by atoms with Gasteiger partial charge in [-0.3, -0.25) is 9.59 Å². The van der Waals surface area contributed by atoms with Gasteiger partial charge in [0.2, 0.25) is 0 Å². The van der Waals surface area contributed by atoms with Crippen LogP contribution in [0.4, 0.5) is 4.39 Å². The van der Waals surface area contributed by atoms with Crippen molar-refractivity contribution in [1.82, 2.24) is 0 Å². The number of carbonyl (C=O) groups excluding carboxylic acids is 2. The molecule has 1 saturated carbocycles. The van der Waals surface area contributed by atoms with Crippen LogP contribution in [0.5, 0.6) is 0 Å². The Hall–Kier alpha value is -1.71. The molecule has 1 aromatic rings. The number of hydrogen-bond donors (Lipinski definition) is 0. The predicted octanol–water partition coefficient (Wildman–Crippen LogP) is 2.44. The maximum Gasteiger partial charge on any atom is 0.309 e. The molecule has 2 unspecified atom stereocenters. The Morgan fingerprint density at radius 3 is 2.72 bits per heavy atom. The summed E-state index contributed by atoms with van der Waals surface area (Å²) >= 11 is 0. The normalized spacial score (nSPS) is 23.7. The van der Waals surface area contributed by atoms with E-state index in [4.69, 9.17) is 4.74 Å². The molecule has 1 aliphatic carbocycles. The molecule has 0 heterocycles. The number of esters is 1. The van der Waals surface area contributed by atoms with E-state index in [0.29, 0.717) is 6.42 Å². The number of Topliss-reactive ketones (excluding diaryl/α,β-unsaturated/α-hetero) is 1. The van der Waals surface area contributed by atoms with Crippen LogP contribution >= 0.6 is 0 Å². The van der Waals surface area contributed by atoms with Crippen LogP contribution < -0.4 is 0 Å². The summed E-state index contributed by atoms with van der Waals surface area (Å²) < 4.78 is 18.3. The molecule has 0 N–H and O–H groups in total. The van der Waals surface area contributed by atoms with Crippen molar-refractivity contribution in [2.75, 3.05) is 0 Å². The highest BCUT2D eigenvalue weighted by atomic mass is 19.1. The van der Waals surface area contributed by atoms with E-state index in [0.717, 1.165) is 5.56 Å². The first-order chi connectivity index (χ1) is 8.66. The average molecular weight is 250 g/mol. The maximum absolute atomic E-state index is 13.2. The molecule has 1 aromatic carbocycles. The van der Waals surface area contributed by atoms with E-state index < -0.39 is 23.8 Å². The van der Waals surface area contributed by atoms with Crippen molar-refractivity contribution < 1.29 is 18.7 Å². The highest BCUT2D eigenvalue weighted by molar-refractivity contribution is 5.86. The van der Waals surface area contributed by atoms with Crippen molar-refractivity contribution in [2.24, 2.45) is 5.92 Å². The molecule has 0 aromatic heterocycles. The van der Waals surface area contributed by atoms with E-state index in [9.17, 15) is 14.0 Å². The van der Waals surface area contributed by atoms with Crippen molar-refractivity contribution in [2.45, 2.75) is 32.0 Å². The number of ether oxygens (including phenoxy) is 1. The Morgan fingerprint density at radius 1 is 1.33 bits per heavy atom. The van der Waals surface area contributed by atoms with Crippen LogP contribution in [0, 0.1) is 5.92 Å².